The number of esters is 1. The molecule has 0 spiro atoms. The zero-order valence-corrected chi connectivity index (χ0v) is 49.6. The zero-order chi connectivity index (χ0) is 53.6. The highest BCUT2D eigenvalue weighted by molar-refractivity contribution is 5.76. The molecular weight excluding hydrogens is 911 g/mol. The highest BCUT2D eigenvalue weighted by atomic mass is 16.5. The van der Waals surface area contributed by atoms with Crippen molar-refractivity contribution >= 4 is 11.9 Å². The van der Waals surface area contributed by atoms with E-state index in [4.69, 9.17) is 4.74 Å². The van der Waals surface area contributed by atoms with E-state index in [0.717, 1.165) is 57.8 Å². The maximum Gasteiger partial charge on any atom is 0.305 e. The summed E-state index contributed by atoms with van der Waals surface area (Å²) in [4.78, 5) is 24.6. The normalized spacial score (nSPS) is 12.9. The first-order chi connectivity index (χ1) is 36.5. The second kappa shape index (κ2) is 63.4. The summed E-state index contributed by atoms with van der Waals surface area (Å²) in [6, 6.07) is -0.634. The van der Waals surface area contributed by atoms with E-state index in [0.29, 0.717) is 19.4 Å². The highest BCUT2D eigenvalue weighted by Gasteiger charge is 2.18. The molecule has 0 fully saturated rings. The lowest BCUT2D eigenvalue weighted by atomic mass is 10.0. The van der Waals surface area contributed by atoms with Crippen molar-refractivity contribution in [2.75, 3.05) is 13.2 Å². The molecule has 1 amide bonds. The van der Waals surface area contributed by atoms with Crippen LogP contribution in [0.2, 0.25) is 0 Å². The molecule has 6 heteroatoms. The smallest absolute Gasteiger partial charge is 0.305 e. The maximum absolute atomic E-state index is 12.5. The van der Waals surface area contributed by atoms with Crippen LogP contribution in [0.25, 0.3) is 0 Å². The quantitative estimate of drug-likeness (QED) is 0.0320. The van der Waals surface area contributed by atoms with Crippen LogP contribution in [0.1, 0.15) is 348 Å². The average molecular weight is 1040 g/mol. The maximum atomic E-state index is 12.5. The Morgan fingerprint density at radius 1 is 0.378 bits per heavy atom. The Hall–Kier alpha value is -2.18. The van der Waals surface area contributed by atoms with Gasteiger partial charge in [-0.3, -0.25) is 9.59 Å². The monoisotopic (exact) mass is 1040 g/mol. The van der Waals surface area contributed by atoms with Gasteiger partial charge in [-0.25, -0.2) is 0 Å². The Morgan fingerprint density at radius 3 is 1.07 bits per heavy atom. The number of rotatable bonds is 61. The van der Waals surface area contributed by atoms with Crippen LogP contribution in [0, 0.1) is 0 Å². The Labute approximate surface area is 461 Å². The Bertz CT molecular complexity index is 1240. The van der Waals surface area contributed by atoms with Gasteiger partial charge in [-0.1, -0.05) is 294 Å². The Kier molecular flexibility index (Phi) is 61.5. The van der Waals surface area contributed by atoms with Crippen LogP contribution in [0.15, 0.2) is 48.6 Å². The summed E-state index contributed by atoms with van der Waals surface area (Å²) >= 11 is 0. The van der Waals surface area contributed by atoms with Crippen molar-refractivity contribution in [1.29, 1.82) is 0 Å². The van der Waals surface area contributed by atoms with Gasteiger partial charge in [0.25, 0.3) is 0 Å². The van der Waals surface area contributed by atoms with E-state index in [9.17, 15) is 19.8 Å². The number of aliphatic hydroxyl groups excluding tert-OH is 2. The fourth-order valence-electron chi connectivity index (χ4n) is 10.0. The predicted molar refractivity (Wildman–Crippen MR) is 324 cm³/mol. The topological polar surface area (TPSA) is 95.9 Å². The lowest BCUT2D eigenvalue weighted by molar-refractivity contribution is -0.143. The van der Waals surface area contributed by atoms with E-state index in [2.05, 4.69) is 55.6 Å². The molecule has 0 heterocycles. The molecule has 2 atom stereocenters. The van der Waals surface area contributed by atoms with E-state index in [1.165, 1.54) is 263 Å². The first-order valence-electron chi connectivity index (χ1n) is 32.9. The van der Waals surface area contributed by atoms with Crippen molar-refractivity contribution < 1.29 is 24.5 Å². The van der Waals surface area contributed by atoms with Crippen LogP contribution < -0.4 is 5.32 Å². The zero-order valence-electron chi connectivity index (χ0n) is 49.6. The van der Waals surface area contributed by atoms with Gasteiger partial charge in [-0.15, -0.1) is 0 Å². The van der Waals surface area contributed by atoms with Crippen molar-refractivity contribution in [3.63, 3.8) is 0 Å². The van der Waals surface area contributed by atoms with Crippen molar-refractivity contribution in [3.8, 4) is 0 Å². The number of unbranched alkanes of at least 4 members (excludes halogenated alkanes) is 44. The summed E-state index contributed by atoms with van der Waals surface area (Å²) in [5, 5.41) is 23.2. The van der Waals surface area contributed by atoms with E-state index in [-0.39, 0.29) is 18.5 Å². The summed E-state index contributed by atoms with van der Waals surface area (Å²) < 4.78 is 5.50. The van der Waals surface area contributed by atoms with E-state index >= 15 is 0 Å². The van der Waals surface area contributed by atoms with Gasteiger partial charge in [0.15, 0.2) is 0 Å². The van der Waals surface area contributed by atoms with Crippen molar-refractivity contribution in [3.05, 3.63) is 48.6 Å². The minimum atomic E-state index is -0.850. The molecule has 0 aromatic carbocycles. The molecule has 0 aliphatic rings. The fraction of sp³-hybridized carbons (Fsp3) is 0.853. The first-order valence-corrected chi connectivity index (χ1v) is 32.9. The lowest BCUT2D eigenvalue weighted by Crippen LogP contribution is -2.45. The molecule has 74 heavy (non-hydrogen) atoms. The minimum Gasteiger partial charge on any atom is -0.466 e. The second-order valence-electron chi connectivity index (χ2n) is 22.4. The van der Waals surface area contributed by atoms with Gasteiger partial charge in [0, 0.05) is 12.8 Å². The van der Waals surface area contributed by atoms with Gasteiger partial charge < -0.3 is 20.3 Å². The van der Waals surface area contributed by atoms with Crippen molar-refractivity contribution in [2.45, 2.75) is 360 Å². The number of carbonyl (C=O) groups is 2. The Balaban J connectivity index is 3.43. The molecule has 0 saturated heterocycles. The summed E-state index contributed by atoms with van der Waals surface area (Å²) in [7, 11) is 0. The van der Waals surface area contributed by atoms with Crippen LogP contribution in [0.5, 0.6) is 0 Å². The largest absolute Gasteiger partial charge is 0.466 e. The summed E-state index contributed by atoms with van der Waals surface area (Å²) in [6.07, 6.45) is 81.6. The SMILES string of the molecule is CCCCC/C=C\C/C=C\CCCCCCCCCCCC(=O)OCCCCCCCCCCCCC/C=C\CCCCCCCCCC(=O)NC(CO)C(O)/C=C/CCCCCCCCCCCCCCCC. The van der Waals surface area contributed by atoms with E-state index in [1.54, 1.807) is 6.08 Å². The third kappa shape index (κ3) is 59.1. The molecular formula is C68H127NO5. The van der Waals surface area contributed by atoms with Gasteiger partial charge >= 0.3 is 5.97 Å². The number of allylic oxidation sites excluding steroid dienone is 7. The molecule has 6 nitrogen and oxygen atoms in total. The van der Waals surface area contributed by atoms with Crippen LogP contribution >= 0.6 is 0 Å². The molecule has 0 radical (unpaired) electrons. The van der Waals surface area contributed by atoms with Gasteiger partial charge in [-0.05, 0) is 89.9 Å². The number of carbonyl (C=O) groups excluding carboxylic acids is 2. The number of hydrogen-bond donors (Lipinski definition) is 3. The molecule has 0 bridgehead atoms. The minimum absolute atomic E-state index is 0.00558. The lowest BCUT2D eigenvalue weighted by Gasteiger charge is -2.20. The van der Waals surface area contributed by atoms with Gasteiger partial charge in [0.05, 0.1) is 25.4 Å². The number of nitrogens with one attached hydrogen (secondary N) is 1. The number of aliphatic hydroxyl groups is 2. The predicted octanol–water partition coefficient (Wildman–Crippen LogP) is 20.9. The first kappa shape index (κ1) is 71.8. The van der Waals surface area contributed by atoms with E-state index in [1.807, 2.05) is 6.08 Å². The molecule has 0 saturated carbocycles. The molecule has 2 unspecified atom stereocenters. The molecule has 3 N–H and O–H groups in total. The van der Waals surface area contributed by atoms with Gasteiger partial charge in [0.2, 0.25) is 5.91 Å². The molecule has 434 valence electrons. The average Bonchev–Trinajstić information content (AvgIpc) is 3.40. The standard InChI is InChI=1S/C68H127NO5/c1-3-5-7-9-11-13-15-17-19-21-26-30-34-38-42-46-50-54-58-62-68(73)74-63-59-55-51-47-43-39-35-31-28-25-23-22-24-27-29-33-37-41-45-49-53-57-61-67(72)69-65(64-70)66(71)60-56-52-48-44-40-36-32-20-18-16-14-12-10-8-6-4-2/h11,13,17,19,24,27,56,60,65-66,70-71H,3-10,12,14-16,18,20-23,25-26,28-55,57-59,61-64H2,1-2H3,(H,69,72)/b13-11-,19-17-,27-24-,60-56+. The van der Waals surface area contributed by atoms with Gasteiger partial charge in [-0.2, -0.15) is 0 Å². The molecule has 0 aromatic heterocycles. The second-order valence-corrected chi connectivity index (χ2v) is 22.4. The number of ether oxygens (including phenoxy) is 1. The molecule has 0 aliphatic carbocycles. The van der Waals surface area contributed by atoms with Crippen molar-refractivity contribution in [1.82, 2.24) is 5.32 Å². The summed E-state index contributed by atoms with van der Waals surface area (Å²) in [5.41, 5.74) is 0. The molecule has 0 aliphatic heterocycles. The number of hydrogen-bond acceptors (Lipinski definition) is 5. The van der Waals surface area contributed by atoms with E-state index < -0.39 is 12.1 Å². The van der Waals surface area contributed by atoms with Crippen LogP contribution in [-0.2, 0) is 14.3 Å². The summed E-state index contributed by atoms with van der Waals surface area (Å²) in [6.45, 7) is 4.89. The third-order valence-corrected chi connectivity index (χ3v) is 15.1. The molecule has 0 rings (SSSR count). The molecule has 0 aromatic rings. The van der Waals surface area contributed by atoms with Gasteiger partial charge in [0.1, 0.15) is 0 Å². The van der Waals surface area contributed by atoms with Crippen molar-refractivity contribution in [2.24, 2.45) is 0 Å². The van der Waals surface area contributed by atoms with Crippen LogP contribution in [0.4, 0.5) is 0 Å². The number of amides is 1. The van der Waals surface area contributed by atoms with Crippen LogP contribution in [0.3, 0.4) is 0 Å². The summed E-state index contributed by atoms with van der Waals surface area (Å²) in [5.74, 6) is -0.0682. The highest BCUT2D eigenvalue weighted by Crippen LogP contribution is 2.17. The van der Waals surface area contributed by atoms with Crippen LogP contribution in [-0.4, -0.2) is 47.4 Å². The fourth-order valence-corrected chi connectivity index (χ4v) is 10.0. The Morgan fingerprint density at radius 2 is 0.676 bits per heavy atom. The third-order valence-electron chi connectivity index (χ3n) is 15.1.